The molecule has 24 heavy (non-hydrogen) atoms. The molecule has 2 rings (SSSR count). The Labute approximate surface area is 150 Å². The van der Waals surface area contributed by atoms with E-state index in [0.29, 0.717) is 16.8 Å². The van der Waals surface area contributed by atoms with Crippen molar-refractivity contribution in [1.82, 2.24) is 15.5 Å². The fourth-order valence-electron chi connectivity index (χ4n) is 1.80. The maximum atomic E-state index is 11.8. The van der Waals surface area contributed by atoms with Crippen molar-refractivity contribution in [2.24, 2.45) is 5.92 Å². The summed E-state index contributed by atoms with van der Waals surface area (Å²) in [6.07, 6.45) is 0.991. The van der Waals surface area contributed by atoms with Crippen LogP contribution >= 0.6 is 23.1 Å². The Morgan fingerprint density at radius 2 is 2.04 bits per heavy atom. The summed E-state index contributed by atoms with van der Waals surface area (Å²) in [4.78, 5) is 11.8. The molecule has 2 aromatic rings. The van der Waals surface area contributed by atoms with Crippen molar-refractivity contribution < 1.29 is 9.53 Å². The second kappa shape index (κ2) is 9.48. The molecule has 0 bridgehead atoms. The largest absolute Gasteiger partial charge is 0.497 e. The minimum absolute atomic E-state index is 0.0283. The Kier molecular flexibility index (Phi) is 7.33. The molecule has 0 unspecified atom stereocenters. The summed E-state index contributed by atoms with van der Waals surface area (Å²) >= 11 is 2.82. The Morgan fingerprint density at radius 3 is 2.71 bits per heavy atom. The van der Waals surface area contributed by atoms with E-state index < -0.39 is 0 Å². The molecule has 0 aliphatic heterocycles. The molecule has 0 aliphatic rings. The van der Waals surface area contributed by atoms with Crippen LogP contribution in [0.25, 0.3) is 0 Å². The number of anilines is 2. The number of aromatic nitrogens is 2. The van der Waals surface area contributed by atoms with E-state index in [4.69, 9.17) is 4.74 Å². The minimum atomic E-state index is 0.0283. The lowest BCUT2D eigenvalue weighted by Crippen LogP contribution is -2.26. The van der Waals surface area contributed by atoms with E-state index in [2.05, 4.69) is 34.7 Å². The lowest BCUT2D eigenvalue weighted by atomic mass is 10.1. The number of hydrogen-bond donors (Lipinski definition) is 2. The Balaban J connectivity index is 1.77. The van der Waals surface area contributed by atoms with Gasteiger partial charge < -0.3 is 15.4 Å². The van der Waals surface area contributed by atoms with Gasteiger partial charge in [0.25, 0.3) is 0 Å². The lowest BCUT2D eigenvalue weighted by Gasteiger charge is -2.06. The first-order valence-electron chi connectivity index (χ1n) is 7.71. The molecule has 0 saturated heterocycles. The van der Waals surface area contributed by atoms with Gasteiger partial charge in [-0.1, -0.05) is 36.9 Å². The van der Waals surface area contributed by atoms with Crippen molar-refractivity contribution in [1.29, 1.82) is 0 Å². The van der Waals surface area contributed by atoms with Crippen molar-refractivity contribution in [2.75, 3.05) is 24.7 Å². The fraction of sp³-hybridized carbons (Fsp3) is 0.438. The lowest BCUT2D eigenvalue weighted by molar-refractivity contribution is -0.118. The SMILES string of the molecule is COc1ccc(Nc2nnc(SCC(=O)NCCC(C)C)s2)cc1. The van der Waals surface area contributed by atoms with Crippen LogP contribution < -0.4 is 15.4 Å². The van der Waals surface area contributed by atoms with Crippen LogP contribution in [0.4, 0.5) is 10.8 Å². The molecule has 1 aromatic carbocycles. The van der Waals surface area contributed by atoms with E-state index in [9.17, 15) is 4.79 Å². The summed E-state index contributed by atoms with van der Waals surface area (Å²) in [7, 11) is 1.63. The van der Waals surface area contributed by atoms with Crippen LogP contribution in [0.2, 0.25) is 0 Å². The van der Waals surface area contributed by atoms with Crippen LogP contribution in [0.5, 0.6) is 5.75 Å². The average molecular weight is 367 g/mol. The van der Waals surface area contributed by atoms with Crippen molar-refractivity contribution in [3.8, 4) is 5.75 Å². The van der Waals surface area contributed by atoms with Crippen molar-refractivity contribution in [2.45, 2.75) is 24.6 Å². The zero-order chi connectivity index (χ0) is 17.4. The van der Waals surface area contributed by atoms with E-state index in [0.717, 1.165) is 28.7 Å². The first-order valence-corrected chi connectivity index (χ1v) is 9.51. The molecule has 1 heterocycles. The van der Waals surface area contributed by atoms with E-state index in [1.165, 1.54) is 23.1 Å². The topological polar surface area (TPSA) is 76.1 Å². The van der Waals surface area contributed by atoms with Gasteiger partial charge in [-0.3, -0.25) is 4.79 Å². The smallest absolute Gasteiger partial charge is 0.230 e. The summed E-state index contributed by atoms with van der Waals surface area (Å²) in [6.45, 7) is 5.00. The van der Waals surface area contributed by atoms with Crippen LogP contribution in [0.3, 0.4) is 0 Å². The second-order valence-corrected chi connectivity index (χ2v) is 7.75. The molecule has 8 heteroatoms. The van der Waals surface area contributed by atoms with Crippen molar-refractivity contribution in [3.63, 3.8) is 0 Å². The molecule has 0 radical (unpaired) electrons. The van der Waals surface area contributed by atoms with E-state index >= 15 is 0 Å². The molecule has 0 fully saturated rings. The molecular formula is C16H22N4O2S2. The number of benzene rings is 1. The normalized spacial score (nSPS) is 10.7. The summed E-state index contributed by atoms with van der Waals surface area (Å²) in [5, 5.41) is 15.0. The molecule has 0 aliphatic carbocycles. The van der Waals surface area contributed by atoms with Crippen LogP contribution in [0.1, 0.15) is 20.3 Å². The van der Waals surface area contributed by atoms with Gasteiger partial charge in [0.2, 0.25) is 11.0 Å². The number of carbonyl (C=O) groups excluding carboxylic acids is 1. The van der Waals surface area contributed by atoms with Crippen molar-refractivity contribution >= 4 is 39.8 Å². The molecule has 130 valence electrons. The van der Waals surface area contributed by atoms with Crippen LogP contribution in [0.15, 0.2) is 28.6 Å². The van der Waals surface area contributed by atoms with E-state index in [1.54, 1.807) is 7.11 Å². The number of methoxy groups -OCH3 is 1. The number of hydrogen-bond acceptors (Lipinski definition) is 7. The summed E-state index contributed by atoms with van der Waals surface area (Å²) < 4.78 is 5.89. The zero-order valence-corrected chi connectivity index (χ0v) is 15.7. The molecule has 1 aromatic heterocycles. The van der Waals surface area contributed by atoms with Crippen LogP contribution in [-0.2, 0) is 4.79 Å². The van der Waals surface area contributed by atoms with Gasteiger partial charge in [0.15, 0.2) is 4.34 Å². The highest BCUT2D eigenvalue weighted by molar-refractivity contribution is 8.01. The van der Waals surface area contributed by atoms with Gasteiger partial charge in [-0.2, -0.15) is 0 Å². The number of ether oxygens (including phenoxy) is 1. The van der Waals surface area contributed by atoms with Crippen LogP contribution in [-0.4, -0.2) is 35.5 Å². The zero-order valence-electron chi connectivity index (χ0n) is 14.0. The predicted molar refractivity (Wildman–Crippen MR) is 99.4 cm³/mol. The highest BCUT2D eigenvalue weighted by Crippen LogP contribution is 2.28. The summed E-state index contributed by atoms with van der Waals surface area (Å²) in [6, 6.07) is 7.57. The number of rotatable bonds is 9. The standard InChI is InChI=1S/C16H22N4O2S2/c1-11(2)8-9-17-14(21)10-23-16-20-19-15(24-16)18-12-4-6-13(22-3)7-5-12/h4-7,11H,8-10H2,1-3H3,(H,17,21)(H,18,19). The number of nitrogens with zero attached hydrogens (tertiary/aromatic N) is 2. The first kappa shape index (κ1) is 18.5. The maximum absolute atomic E-state index is 11.8. The number of thioether (sulfide) groups is 1. The molecule has 0 spiro atoms. The highest BCUT2D eigenvalue weighted by atomic mass is 32.2. The summed E-state index contributed by atoms with van der Waals surface area (Å²) in [5.41, 5.74) is 0.912. The maximum Gasteiger partial charge on any atom is 0.230 e. The molecular weight excluding hydrogens is 344 g/mol. The predicted octanol–water partition coefficient (Wildman–Crippen LogP) is 3.54. The Bertz CT molecular complexity index is 644. The minimum Gasteiger partial charge on any atom is -0.497 e. The molecule has 2 N–H and O–H groups in total. The van der Waals surface area contributed by atoms with Gasteiger partial charge >= 0.3 is 0 Å². The average Bonchev–Trinajstić information content (AvgIpc) is 3.01. The highest BCUT2D eigenvalue weighted by Gasteiger charge is 2.08. The van der Waals surface area contributed by atoms with Crippen molar-refractivity contribution in [3.05, 3.63) is 24.3 Å². The molecule has 6 nitrogen and oxygen atoms in total. The van der Waals surface area contributed by atoms with Crippen LogP contribution in [0, 0.1) is 5.92 Å². The van der Waals surface area contributed by atoms with Gasteiger partial charge in [0.05, 0.1) is 12.9 Å². The van der Waals surface area contributed by atoms with E-state index in [-0.39, 0.29) is 5.91 Å². The Hall–Kier alpha value is -1.80. The molecule has 0 saturated carbocycles. The second-order valence-electron chi connectivity index (χ2n) is 5.55. The number of amides is 1. The molecule has 1 amide bonds. The van der Waals surface area contributed by atoms with E-state index in [1.807, 2.05) is 24.3 Å². The van der Waals surface area contributed by atoms with Gasteiger partial charge in [-0.15, -0.1) is 10.2 Å². The number of carbonyl (C=O) groups is 1. The third-order valence-corrected chi connectivity index (χ3v) is 5.09. The van der Waals surface area contributed by atoms with Gasteiger partial charge in [0, 0.05) is 12.2 Å². The quantitative estimate of drug-likeness (QED) is 0.661. The van der Waals surface area contributed by atoms with Gasteiger partial charge in [-0.25, -0.2) is 0 Å². The third kappa shape index (κ3) is 6.37. The number of nitrogens with one attached hydrogen (secondary N) is 2. The van der Waals surface area contributed by atoms with Gasteiger partial charge in [-0.05, 0) is 36.6 Å². The summed E-state index contributed by atoms with van der Waals surface area (Å²) in [5.74, 6) is 1.78. The fourth-order valence-corrected chi connectivity index (χ4v) is 3.40. The monoisotopic (exact) mass is 366 g/mol. The Morgan fingerprint density at radius 1 is 1.29 bits per heavy atom. The van der Waals surface area contributed by atoms with Gasteiger partial charge in [0.1, 0.15) is 5.75 Å². The third-order valence-electron chi connectivity index (χ3n) is 3.12. The first-order chi connectivity index (χ1) is 11.6. The molecule has 0 atom stereocenters.